The molecule has 0 radical (unpaired) electrons. The highest BCUT2D eigenvalue weighted by Gasteiger charge is 2.02. The zero-order valence-corrected chi connectivity index (χ0v) is 10.8. The Morgan fingerprint density at radius 1 is 0.944 bits per heavy atom. The first-order valence-corrected chi connectivity index (χ1v) is 6.13. The second-order valence-electron chi connectivity index (χ2n) is 4.59. The molecule has 0 aliphatic rings. The molecule has 2 aromatic rings. The number of para-hydroxylation sites is 1. The molecule has 0 aliphatic carbocycles. The van der Waals surface area contributed by atoms with Crippen LogP contribution in [0.5, 0.6) is 0 Å². The van der Waals surface area contributed by atoms with E-state index in [1.165, 1.54) is 0 Å². The first-order chi connectivity index (χ1) is 8.65. The van der Waals surface area contributed by atoms with Crippen LogP contribution in [0.3, 0.4) is 0 Å². The van der Waals surface area contributed by atoms with Gasteiger partial charge < -0.3 is 16.4 Å². The number of nitrogens with two attached hydrogens (primary N) is 1. The van der Waals surface area contributed by atoms with Gasteiger partial charge in [0.25, 0.3) is 0 Å². The lowest BCUT2D eigenvalue weighted by molar-refractivity contribution is 0.900. The van der Waals surface area contributed by atoms with E-state index in [2.05, 4.69) is 24.5 Å². The minimum absolute atomic E-state index is 0.400. The fourth-order valence-corrected chi connectivity index (χ4v) is 1.78. The second-order valence-corrected chi connectivity index (χ2v) is 4.59. The summed E-state index contributed by atoms with van der Waals surface area (Å²) in [6.07, 6.45) is 0. The first-order valence-electron chi connectivity index (χ1n) is 6.13. The predicted molar refractivity (Wildman–Crippen MR) is 79.3 cm³/mol. The Morgan fingerprint density at radius 3 is 2.28 bits per heavy atom. The summed E-state index contributed by atoms with van der Waals surface area (Å²) in [7, 11) is 0. The van der Waals surface area contributed by atoms with E-state index in [0.717, 1.165) is 22.7 Å². The maximum Gasteiger partial charge on any atom is 0.0619 e. The van der Waals surface area contributed by atoms with Gasteiger partial charge in [-0.25, -0.2) is 0 Å². The van der Waals surface area contributed by atoms with Crippen LogP contribution in [-0.2, 0) is 0 Å². The van der Waals surface area contributed by atoms with Crippen molar-refractivity contribution in [3.63, 3.8) is 0 Å². The van der Waals surface area contributed by atoms with Crippen LogP contribution >= 0.6 is 0 Å². The Labute approximate surface area is 108 Å². The van der Waals surface area contributed by atoms with Crippen molar-refractivity contribution in [1.29, 1.82) is 0 Å². The van der Waals surface area contributed by atoms with E-state index in [1.54, 1.807) is 0 Å². The van der Waals surface area contributed by atoms with E-state index in [1.807, 2.05) is 48.5 Å². The van der Waals surface area contributed by atoms with Crippen LogP contribution in [0.2, 0.25) is 0 Å². The van der Waals surface area contributed by atoms with Gasteiger partial charge in [0.15, 0.2) is 0 Å². The molecule has 0 saturated carbocycles. The summed E-state index contributed by atoms with van der Waals surface area (Å²) in [5.41, 5.74) is 9.79. The molecule has 94 valence electrons. The van der Waals surface area contributed by atoms with Gasteiger partial charge in [0, 0.05) is 17.4 Å². The minimum atomic E-state index is 0.400. The molecule has 2 rings (SSSR count). The van der Waals surface area contributed by atoms with Gasteiger partial charge in [0.1, 0.15) is 0 Å². The Morgan fingerprint density at radius 2 is 1.67 bits per heavy atom. The van der Waals surface area contributed by atoms with Gasteiger partial charge >= 0.3 is 0 Å². The third-order valence-corrected chi connectivity index (χ3v) is 2.56. The highest BCUT2D eigenvalue weighted by atomic mass is 14.9. The minimum Gasteiger partial charge on any atom is -0.397 e. The van der Waals surface area contributed by atoms with Crippen molar-refractivity contribution >= 4 is 22.7 Å². The van der Waals surface area contributed by atoms with Crippen LogP contribution in [0.1, 0.15) is 13.8 Å². The van der Waals surface area contributed by atoms with Gasteiger partial charge in [-0.1, -0.05) is 18.2 Å². The zero-order chi connectivity index (χ0) is 13.0. The smallest absolute Gasteiger partial charge is 0.0619 e. The van der Waals surface area contributed by atoms with Crippen molar-refractivity contribution in [3.8, 4) is 0 Å². The lowest BCUT2D eigenvalue weighted by Gasteiger charge is -2.14. The maximum absolute atomic E-state index is 6.04. The molecule has 0 bridgehead atoms. The normalized spacial score (nSPS) is 10.4. The fraction of sp³-hybridized carbons (Fsp3) is 0.200. The molecule has 0 aromatic heterocycles. The summed E-state index contributed by atoms with van der Waals surface area (Å²) in [5, 5.41) is 6.63. The van der Waals surface area contributed by atoms with Crippen molar-refractivity contribution in [2.75, 3.05) is 16.4 Å². The first kappa shape index (κ1) is 12.3. The number of hydrogen-bond acceptors (Lipinski definition) is 3. The van der Waals surface area contributed by atoms with Crippen LogP contribution in [0.15, 0.2) is 48.5 Å². The lowest BCUT2D eigenvalue weighted by Crippen LogP contribution is -2.10. The van der Waals surface area contributed by atoms with Crippen molar-refractivity contribution < 1.29 is 0 Å². The number of anilines is 4. The van der Waals surface area contributed by atoms with Crippen LogP contribution < -0.4 is 16.4 Å². The summed E-state index contributed by atoms with van der Waals surface area (Å²) >= 11 is 0. The molecule has 0 atom stereocenters. The van der Waals surface area contributed by atoms with Crippen LogP contribution in [0, 0.1) is 0 Å². The molecule has 0 heterocycles. The molecule has 0 aliphatic heterocycles. The molecule has 0 amide bonds. The summed E-state index contributed by atoms with van der Waals surface area (Å²) < 4.78 is 0. The van der Waals surface area contributed by atoms with Gasteiger partial charge in [-0.15, -0.1) is 0 Å². The van der Waals surface area contributed by atoms with Crippen molar-refractivity contribution in [2.45, 2.75) is 19.9 Å². The van der Waals surface area contributed by atoms with Gasteiger partial charge in [-0.3, -0.25) is 0 Å². The molecule has 4 N–H and O–H groups in total. The SMILES string of the molecule is CC(C)Nc1ccc(Nc2ccccc2)c(N)c1. The Kier molecular flexibility index (Phi) is 3.72. The van der Waals surface area contributed by atoms with Crippen LogP contribution in [0.4, 0.5) is 22.7 Å². The molecule has 0 spiro atoms. The number of nitrogens with one attached hydrogen (secondary N) is 2. The standard InChI is InChI=1S/C15H19N3/c1-11(2)17-13-8-9-15(14(16)10-13)18-12-6-4-3-5-7-12/h3-11,17-18H,16H2,1-2H3. The van der Waals surface area contributed by atoms with E-state index in [9.17, 15) is 0 Å². The van der Waals surface area contributed by atoms with Gasteiger partial charge in [0.05, 0.1) is 11.4 Å². The quantitative estimate of drug-likeness (QED) is 0.713. The predicted octanol–water partition coefficient (Wildman–Crippen LogP) is 3.83. The molecule has 0 unspecified atom stereocenters. The molecule has 3 nitrogen and oxygen atoms in total. The molecular formula is C15H19N3. The number of rotatable bonds is 4. The molecule has 2 aromatic carbocycles. The Balaban J connectivity index is 2.15. The van der Waals surface area contributed by atoms with E-state index in [0.29, 0.717) is 6.04 Å². The average Bonchev–Trinajstić information content (AvgIpc) is 2.33. The average molecular weight is 241 g/mol. The summed E-state index contributed by atoms with van der Waals surface area (Å²) in [6, 6.07) is 16.4. The lowest BCUT2D eigenvalue weighted by atomic mass is 10.2. The van der Waals surface area contributed by atoms with E-state index >= 15 is 0 Å². The van der Waals surface area contributed by atoms with Crippen LogP contribution in [-0.4, -0.2) is 6.04 Å². The van der Waals surface area contributed by atoms with E-state index < -0.39 is 0 Å². The maximum atomic E-state index is 6.04. The van der Waals surface area contributed by atoms with Crippen molar-refractivity contribution in [1.82, 2.24) is 0 Å². The molecule has 0 saturated heterocycles. The van der Waals surface area contributed by atoms with Gasteiger partial charge in [0.2, 0.25) is 0 Å². The highest BCUT2D eigenvalue weighted by molar-refractivity contribution is 5.76. The second kappa shape index (κ2) is 5.45. The zero-order valence-electron chi connectivity index (χ0n) is 10.8. The third kappa shape index (κ3) is 3.17. The topological polar surface area (TPSA) is 50.1 Å². The number of nitrogen functional groups attached to an aromatic ring is 1. The number of hydrogen-bond donors (Lipinski definition) is 3. The third-order valence-electron chi connectivity index (χ3n) is 2.56. The monoisotopic (exact) mass is 241 g/mol. The highest BCUT2D eigenvalue weighted by Crippen LogP contribution is 2.26. The fourth-order valence-electron chi connectivity index (χ4n) is 1.78. The Bertz CT molecular complexity index is 506. The van der Waals surface area contributed by atoms with Gasteiger partial charge in [-0.05, 0) is 44.2 Å². The summed E-state index contributed by atoms with van der Waals surface area (Å²) in [5.74, 6) is 0. The van der Waals surface area contributed by atoms with E-state index in [-0.39, 0.29) is 0 Å². The molecule has 3 heteroatoms. The van der Waals surface area contributed by atoms with Gasteiger partial charge in [-0.2, -0.15) is 0 Å². The largest absolute Gasteiger partial charge is 0.397 e. The van der Waals surface area contributed by atoms with Crippen molar-refractivity contribution in [2.24, 2.45) is 0 Å². The molecular weight excluding hydrogens is 222 g/mol. The van der Waals surface area contributed by atoms with E-state index in [4.69, 9.17) is 5.73 Å². The molecule has 18 heavy (non-hydrogen) atoms. The van der Waals surface area contributed by atoms with Crippen LogP contribution in [0.25, 0.3) is 0 Å². The summed E-state index contributed by atoms with van der Waals surface area (Å²) in [6.45, 7) is 4.21. The van der Waals surface area contributed by atoms with Crippen molar-refractivity contribution in [3.05, 3.63) is 48.5 Å². The summed E-state index contributed by atoms with van der Waals surface area (Å²) in [4.78, 5) is 0. The Hall–Kier alpha value is -2.16. The molecule has 0 fully saturated rings. The number of benzene rings is 2.